The second-order valence-corrected chi connectivity index (χ2v) is 29.2. The first-order chi connectivity index (χ1) is 43.8. The summed E-state index contributed by atoms with van der Waals surface area (Å²) in [6, 6.07) is 0. The maximum atomic E-state index is 13.0. The molecule has 0 amide bonds. The van der Waals surface area contributed by atoms with E-state index < -0.39 is 97.5 Å². The summed E-state index contributed by atoms with van der Waals surface area (Å²) in [6.45, 7) is 11.7. The lowest BCUT2D eigenvalue weighted by atomic mass is 10.00. The molecule has 17 nitrogen and oxygen atoms in total. The van der Waals surface area contributed by atoms with Gasteiger partial charge < -0.3 is 33.8 Å². The Labute approximate surface area is 554 Å². The predicted octanol–water partition coefficient (Wildman–Crippen LogP) is 20.2. The van der Waals surface area contributed by atoms with Crippen molar-refractivity contribution in [2.45, 2.75) is 356 Å². The predicted molar refractivity (Wildman–Crippen MR) is 367 cm³/mol. The molecule has 0 aliphatic rings. The molecule has 0 saturated carbocycles. The van der Waals surface area contributed by atoms with Gasteiger partial charge in [0.2, 0.25) is 0 Å². The van der Waals surface area contributed by atoms with Crippen LogP contribution in [0, 0.1) is 17.8 Å². The van der Waals surface area contributed by atoms with Crippen LogP contribution in [0.2, 0.25) is 0 Å². The van der Waals surface area contributed by atoms with E-state index in [1.165, 1.54) is 122 Å². The van der Waals surface area contributed by atoms with Gasteiger partial charge in [-0.3, -0.25) is 37.3 Å². The summed E-state index contributed by atoms with van der Waals surface area (Å²) in [7, 11) is -9.92. The number of phosphoric ester groups is 2. The van der Waals surface area contributed by atoms with Crippen LogP contribution in [0.3, 0.4) is 0 Å². The molecule has 0 aromatic carbocycles. The number of rotatable bonds is 68. The van der Waals surface area contributed by atoms with Crippen molar-refractivity contribution in [3.8, 4) is 0 Å². The third-order valence-electron chi connectivity index (χ3n) is 16.7. The van der Waals surface area contributed by atoms with Crippen molar-refractivity contribution in [3.63, 3.8) is 0 Å². The van der Waals surface area contributed by atoms with Gasteiger partial charge in [0.15, 0.2) is 12.2 Å². The largest absolute Gasteiger partial charge is 0.472 e. The lowest BCUT2D eigenvalue weighted by molar-refractivity contribution is -0.161. The zero-order valence-corrected chi connectivity index (χ0v) is 60.6. The van der Waals surface area contributed by atoms with E-state index in [4.69, 9.17) is 37.0 Å². The molecule has 0 aromatic rings. The van der Waals surface area contributed by atoms with Gasteiger partial charge in [-0.25, -0.2) is 9.13 Å². The van der Waals surface area contributed by atoms with Gasteiger partial charge in [-0.15, -0.1) is 0 Å². The molecular weight excluding hydrogens is 1200 g/mol. The van der Waals surface area contributed by atoms with Crippen LogP contribution in [0.1, 0.15) is 337 Å². The fourth-order valence-corrected chi connectivity index (χ4v) is 11.9. The Morgan fingerprint density at radius 3 is 0.978 bits per heavy atom. The van der Waals surface area contributed by atoms with Gasteiger partial charge in [-0.1, -0.05) is 285 Å². The zero-order valence-electron chi connectivity index (χ0n) is 58.8. The van der Waals surface area contributed by atoms with Crippen LogP contribution in [0.25, 0.3) is 0 Å². The van der Waals surface area contributed by atoms with E-state index in [0.29, 0.717) is 25.7 Å². The molecular formula is C72H136O17P2. The maximum absolute atomic E-state index is 13.0. The van der Waals surface area contributed by atoms with Crippen molar-refractivity contribution >= 4 is 39.5 Å². The quantitative estimate of drug-likeness (QED) is 0.0169. The van der Waals surface area contributed by atoms with Crippen LogP contribution >= 0.6 is 15.6 Å². The van der Waals surface area contributed by atoms with Crippen LogP contribution in [0.15, 0.2) is 24.3 Å². The number of phosphoric acid groups is 2. The van der Waals surface area contributed by atoms with E-state index in [0.717, 1.165) is 133 Å². The number of aliphatic hydroxyl groups excluding tert-OH is 1. The molecule has 4 unspecified atom stereocenters. The molecule has 0 aliphatic carbocycles. The number of unbranched alkanes of at least 4 members (excludes halogenated alkanes) is 31. The summed E-state index contributed by atoms with van der Waals surface area (Å²) in [5.74, 6) is 0.0849. The van der Waals surface area contributed by atoms with E-state index in [-0.39, 0.29) is 25.7 Å². The van der Waals surface area contributed by atoms with E-state index in [1.807, 2.05) is 0 Å². The Hall–Kier alpha value is -2.46. The Morgan fingerprint density at radius 2 is 0.648 bits per heavy atom. The molecule has 91 heavy (non-hydrogen) atoms. The summed E-state index contributed by atoms with van der Waals surface area (Å²) in [4.78, 5) is 72.6. The topological polar surface area (TPSA) is 237 Å². The fourth-order valence-electron chi connectivity index (χ4n) is 10.3. The molecule has 19 heteroatoms. The fraction of sp³-hybridized carbons (Fsp3) is 0.889. The van der Waals surface area contributed by atoms with Crippen molar-refractivity contribution in [2.24, 2.45) is 17.8 Å². The summed E-state index contributed by atoms with van der Waals surface area (Å²) in [6.07, 6.45) is 49.4. The lowest BCUT2D eigenvalue weighted by Gasteiger charge is -2.21. The highest BCUT2D eigenvalue weighted by Crippen LogP contribution is 2.45. The number of aliphatic hydroxyl groups is 1. The van der Waals surface area contributed by atoms with Crippen molar-refractivity contribution in [1.82, 2.24) is 0 Å². The van der Waals surface area contributed by atoms with Gasteiger partial charge in [-0.2, -0.15) is 0 Å². The van der Waals surface area contributed by atoms with Crippen molar-refractivity contribution < 1.29 is 80.2 Å². The zero-order chi connectivity index (χ0) is 67.3. The van der Waals surface area contributed by atoms with E-state index in [2.05, 4.69) is 72.8 Å². The molecule has 0 heterocycles. The standard InChI is InChI=1S/C72H136O17P2/c1-8-11-12-13-14-15-16-17-18-21-24-27-30-41-48-55-71(76)88-67(59-82-69(74)53-46-39-34-32-37-44-51-64(6)9-2)61-86-90(78,79)84-57-66(73)58-85-91(80,81)87-62-68(60-83-70(75)54-47-40-35-33-38-45-52-65(7)10-3)89-72(77)56-49-42-31-28-25-22-19-20-23-26-29-36-43-50-63(4)5/h15-18,63-68,73H,8-14,19-62H2,1-7H3,(H,78,79)(H,80,81)/b16-15-,18-17-/t64?,65?,66-,67-,68-/m1/s1. The van der Waals surface area contributed by atoms with E-state index in [9.17, 15) is 43.2 Å². The third-order valence-corrected chi connectivity index (χ3v) is 18.6. The molecule has 0 saturated heterocycles. The number of carbonyl (C=O) groups is 4. The van der Waals surface area contributed by atoms with Crippen LogP contribution in [-0.4, -0.2) is 96.7 Å². The molecule has 0 radical (unpaired) electrons. The number of allylic oxidation sites excluding steroid dienone is 4. The summed E-state index contributed by atoms with van der Waals surface area (Å²) in [5, 5.41) is 10.6. The highest BCUT2D eigenvalue weighted by Gasteiger charge is 2.30. The second-order valence-electron chi connectivity index (χ2n) is 26.3. The third kappa shape index (κ3) is 63.4. The SMILES string of the molecule is CCCCCC/C=C\C=C/CCCCCCCC(=O)O[C@H](COC(=O)CCCCCCCCC(C)CC)COP(=O)(O)OC[C@@H](O)COP(=O)(O)OC[C@@H](COC(=O)CCCCCCCCC(C)CC)OC(=O)CCCCCCCCCCCCCCCC(C)C. The highest BCUT2D eigenvalue weighted by atomic mass is 31.2. The molecule has 0 rings (SSSR count). The van der Waals surface area contributed by atoms with Crippen molar-refractivity contribution in [1.29, 1.82) is 0 Å². The monoisotopic (exact) mass is 1330 g/mol. The molecule has 536 valence electrons. The number of carbonyl (C=O) groups excluding carboxylic acids is 4. The van der Waals surface area contributed by atoms with Gasteiger partial charge in [0.1, 0.15) is 19.3 Å². The minimum Gasteiger partial charge on any atom is -0.462 e. The lowest BCUT2D eigenvalue weighted by Crippen LogP contribution is -2.30. The Kier molecular flexibility index (Phi) is 60.7. The molecule has 0 fully saturated rings. The molecule has 0 bridgehead atoms. The maximum Gasteiger partial charge on any atom is 0.472 e. The van der Waals surface area contributed by atoms with Crippen LogP contribution < -0.4 is 0 Å². The van der Waals surface area contributed by atoms with Gasteiger partial charge >= 0.3 is 39.5 Å². The van der Waals surface area contributed by atoms with Gasteiger partial charge in [0.05, 0.1) is 26.4 Å². The average molecular weight is 1340 g/mol. The highest BCUT2D eigenvalue weighted by molar-refractivity contribution is 7.47. The van der Waals surface area contributed by atoms with E-state index >= 15 is 0 Å². The van der Waals surface area contributed by atoms with Crippen molar-refractivity contribution in [2.75, 3.05) is 39.6 Å². The Morgan fingerprint density at radius 1 is 0.363 bits per heavy atom. The first kappa shape index (κ1) is 88.5. The number of hydrogen-bond acceptors (Lipinski definition) is 15. The second kappa shape index (κ2) is 62.4. The summed E-state index contributed by atoms with van der Waals surface area (Å²) in [5.41, 5.74) is 0. The van der Waals surface area contributed by atoms with Crippen LogP contribution in [0.4, 0.5) is 0 Å². The van der Waals surface area contributed by atoms with Gasteiger partial charge in [0.25, 0.3) is 0 Å². The van der Waals surface area contributed by atoms with Gasteiger partial charge in [-0.05, 0) is 69.1 Å². The minimum absolute atomic E-state index is 0.0836. The summed E-state index contributed by atoms with van der Waals surface area (Å²) >= 11 is 0. The number of ether oxygens (including phenoxy) is 4. The smallest absolute Gasteiger partial charge is 0.462 e. The number of esters is 4. The minimum atomic E-state index is -4.96. The average Bonchev–Trinajstić information content (AvgIpc) is 3.68. The van der Waals surface area contributed by atoms with Crippen molar-refractivity contribution in [3.05, 3.63) is 24.3 Å². The first-order valence-corrected chi connectivity index (χ1v) is 39.7. The number of hydrogen-bond donors (Lipinski definition) is 3. The van der Waals surface area contributed by atoms with Crippen LogP contribution in [0.5, 0.6) is 0 Å². The Bertz CT molecular complexity index is 1880. The Balaban J connectivity index is 5.28. The van der Waals surface area contributed by atoms with E-state index in [1.54, 1.807) is 0 Å². The molecule has 0 aliphatic heterocycles. The van der Waals surface area contributed by atoms with Crippen LogP contribution in [-0.2, 0) is 65.4 Å². The molecule has 7 atom stereocenters. The van der Waals surface area contributed by atoms with Gasteiger partial charge in [0, 0.05) is 25.7 Å². The summed E-state index contributed by atoms with van der Waals surface area (Å²) < 4.78 is 68.3. The molecule has 3 N–H and O–H groups in total. The molecule has 0 spiro atoms. The molecule has 0 aromatic heterocycles. The first-order valence-electron chi connectivity index (χ1n) is 36.7. The normalized spacial score (nSPS) is 14.9.